The molecule has 2 amide bonds. The lowest BCUT2D eigenvalue weighted by Crippen LogP contribution is -2.26. The number of thiophene rings is 2. The minimum atomic E-state index is -0.162. The molecule has 0 atom stereocenters. The molecule has 0 saturated heterocycles. The molecule has 0 spiro atoms. The summed E-state index contributed by atoms with van der Waals surface area (Å²) >= 11 is 15.6. The maximum Gasteiger partial charge on any atom is 0.262 e. The minimum absolute atomic E-state index is 0.162. The maximum absolute atomic E-state index is 12.5. The summed E-state index contributed by atoms with van der Waals surface area (Å²) in [4.78, 5) is 26.1. The van der Waals surface area contributed by atoms with Crippen molar-refractivity contribution in [1.82, 2.24) is 10.6 Å². The zero-order chi connectivity index (χ0) is 22.8. The van der Waals surface area contributed by atoms with Crippen LogP contribution in [0.15, 0.2) is 36.4 Å². The molecule has 0 radical (unpaired) electrons. The van der Waals surface area contributed by atoms with Gasteiger partial charge in [0.1, 0.15) is 9.75 Å². The van der Waals surface area contributed by atoms with Crippen LogP contribution in [0.25, 0.3) is 20.2 Å². The summed E-state index contributed by atoms with van der Waals surface area (Å²) in [6.07, 6.45) is 1.49. The Hall–Kier alpha value is -2.12. The fraction of sp³-hybridized carbons (Fsp3) is 0.250. The van der Waals surface area contributed by atoms with E-state index in [0.29, 0.717) is 32.9 Å². The van der Waals surface area contributed by atoms with E-state index >= 15 is 0 Å². The number of benzene rings is 2. The number of hydrogen-bond acceptors (Lipinski definition) is 4. The first kappa shape index (κ1) is 23.1. The smallest absolute Gasteiger partial charge is 0.262 e. The number of unbranched alkanes of at least 4 members (excludes halogenated alkanes) is 1. The third kappa shape index (κ3) is 4.79. The number of nitrogens with one attached hydrogen (secondary N) is 2. The van der Waals surface area contributed by atoms with Crippen molar-refractivity contribution in [3.05, 3.63) is 67.3 Å². The number of halogens is 2. The van der Waals surface area contributed by atoms with E-state index in [0.717, 1.165) is 44.1 Å². The molecular weight excluding hydrogens is 483 g/mol. The van der Waals surface area contributed by atoms with Gasteiger partial charge in [0.15, 0.2) is 0 Å². The quantitative estimate of drug-likeness (QED) is 0.266. The number of carbonyl (C=O) groups is 2. The molecular formula is C24H22Cl2N2O2S2. The Morgan fingerprint density at radius 2 is 1.16 bits per heavy atom. The van der Waals surface area contributed by atoms with Crippen molar-refractivity contribution >= 4 is 77.9 Å². The van der Waals surface area contributed by atoms with Gasteiger partial charge in [-0.2, -0.15) is 0 Å². The number of carbonyl (C=O) groups excluding carboxylic acids is 2. The molecule has 0 aliphatic rings. The first-order chi connectivity index (χ1) is 15.3. The average Bonchev–Trinajstić information content (AvgIpc) is 3.26. The highest BCUT2D eigenvalue weighted by molar-refractivity contribution is 7.22. The third-order valence-electron chi connectivity index (χ3n) is 5.16. The highest BCUT2D eigenvalue weighted by Gasteiger charge is 2.18. The van der Waals surface area contributed by atoms with Gasteiger partial charge in [0.2, 0.25) is 0 Å². The van der Waals surface area contributed by atoms with Crippen molar-refractivity contribution in [1.29, 1.82) is 0 Å². The lowest BCUT2D eigenvalue weighted by Gasteiger charge is -2.06. The molecule has 0 saturated carbocycles. The van der Waals surface area contributed by atoms with Crippen molar-refractivity contribution in [2.45, 2.75) is 26.7 Å². The van der Waals surface area contributed by atoms with Gasteiger partial charge in [-0.05, 0) is 49.9 Å². The summed E-state index contributed by atoms with van der Waals surface area (Å²) in [6.45, 7) is 5.06. The van der Waals surface area contributed by atoms with Crippen LogP contribution in [0, 0.1) is 13.8 Å². The van der Waals surface area contributed by atoms with Crippen LogP contribution < -0.4 is 10.6 Å². The van der Waals surface area contributed by atoms with Gasteiger partial charge in [-0.25, -0.2) is 0 Å². The van der Waals surface area contributed by atoms with Crippen LogP contribution in [-0.4, -0.2) is 24.9 Å². The Bertz CT molecular complexity index is 1220. The van der Waals surface area contributed by atoms with Crippen molar-refractivity contribution in [2.24, 2.45) is 0 Å². The number of rotatable bonds is 7. The molecule has 0 aliphatic carbocycles. The fourth-order valence-corrected chi connectivity index (χ4v) is 6.51. The van der Waals surface area contributed by atoms with E-state index in [2.05, 4.69) is 10.6 Å². The Morgan fingerprint density at radius 3 is 1.56 bits per heavy atom. The minimum Gasteiger partial charge on any atom is -0.351 e. The maximum atomic E-state index is 12.5. The number of hydrogen-bond donors (Lipinski definition) is 2. The Labute approximate surface area is 204 Å². The molecule has 0 bridgehead atoms. The number of fused-ring (bicyclic) bond motifs is 2. The molecule has 2 heterocycles. The lowest BCUT2D eigenvalue weighted by molar-refractivity contribution is 0.0943. The van der Waals surface area contributed by atoms with Gasteiger partial charge in [0.05, 0.1) is 10.0 Å². The van der Waals surface area contributed by atoms with Gasteiger partial charge in [-0.3, -0.25) is 9.59 Å². The zero-order valence-corrected chi connectivity index (χ0v) is 20.8. The van der Waals surface area contributed by atoms with Crippen LogP contribution in [-0.2, 0) is 0 Å². The zero-order valence-electron chi connectivity index (χ0n) is 17.7. The first-order valence-electron chi connectivity index (χ1n) is 10.3. The van der Waals surface area contributed by atoms with Gasteiger partial charge < -0.3 is 10.6 Å². The standard InChI is InChI=1S/C24H22Cl2N2O2S2/c1-13-5-7-15-17(11-13)31-21(19(15)25)23(29)27-9-3-4-10-28-24(30)22-20(26)16-8-6-14(2)12-18(16)32-22/h5-8,11-12H,3-4,9-10H2,1-2H3,(H,27,29)(H,28,30). The molecule has 4 rings (SSSR count). The Balaban J connectivity index is 1.25. The van der Waals surface area contributed by atoms with E-state index in [4.69, 9.17) is 23.2 Å². The molecule has 8 heteroatoms. The highest BCUT2D eigenvalue weighted by Crippen LogP contribution is 2.36. The van der Waals surface area contributed by atoms with Crippen molar-refractivity contribution in [3.8, 4) is 0 Å². The van der Waals surface area contributed by atoms with Crippen molar-refractivity contribution in [2.75, 3.05) is 13.1 Å². The third-order valence-corrected chi connectivity index (χ3v) is 8.47. The van der Waals surface area contributed by atoms with Crippen LogP contribution in [0.2, 0.25) is 10.0 Å². The van der Waals surface area contributed by atoms with E-state index < -0.39 is 0 Å². The molecule has 2 N–H and O–H groups in total. The summed E-state index contributed by atoms with van der Waals surface area (Å²) in [5.74, 6) is -0.324. The monoisotopic (exact) mass is 504 g/mol. The van der Waals surface area contributed by atoms with Crippen LogP contribution in [0.5, 0.6) is 0 Å². The summed E-state index contributed by atoms with van der Waals surface area (Å²) in [5.41, 5.74) is 2.27. The molecule has 32 heavy (non-hydrogen) atoms. The van der Waals surface area contributed by atoms with E-state index in [-0.39, 0.29) is 11.8 Å². The molecule has 4 nitrogen and oxygen atoms in total. The number of aryl methyl sites for hydroxylation is 2. The molecule has 2 aromatic heterocycles. The van der Waals surface area contributed by atoms with Crippen LogP contribution >= 0.6 is 45.9 Å². The van der Waals surface area contributed by atoms with Gasteiger partial charge in [-0.1, -0.05) is 47.5 Å². The predicted octanol–water partition coefficient (Wildman–Crippen LogP) is 6.98. The second kappa shape index (κ2) is 9.79. The van der Waals surface area contributed by atoms with Crippen LogP contribution in [0.4, 0.5) is 0 Å². The largest absolute Gasteiger partial charge is 0.351 e. The SMILES string of the molecule is Cc1ccc2c(Cl)c(C(=O)NCCCCNC(=O)c3sc4cc(C)ccc4c3Cl)sc2c1. The summed E-state index contributed by atoms with van der Waals surface area (Å²) in [6, 6.07) is 12.0. The fourth-order valence-electron chi connectivity index (χ4n) is 3.45. The average molecular weight is 505 g/mol. The van der Waals surface area contributed by atoms with Gasteiger partial charge in [0.25, 0.3) is 11.8 Å². The molecule has 0 fully saturated rings. The number of amides is 2. The summed E-state index contributed by atoms with van der Waals surface area (Å²) in [5, 5.41) is 8.67. The van der Waals surface area contributed by atoms with Crippen LogP contribution in [0.3, 0.4) is 0 Å². The molecule has 4 aromatic rings. The predicted molar refractivity (Wildman–Crippen MR) is 137 cm³/mol. The second-order valence-corrected chi connectivity index (χ2v) is 10.6. The van der Waals surface area contributed by atoms with Gasteiger partial charge in [0, 0.05) is 33.3 Å². The van der Waals surface area contributed by atoms with Gasteiger partial charge >= 0.3 is 0 Å². The topological polar surface area (TPSA) is 58.2 Å². The molecule has 0 aliphatic heterocycles. The molecule has 0 unspecified atom stereocenters. The van der Waals surface area contributed by atoms with E-state index in [1.807, 2.05) is 50.2 Å². The molecule has 166 valence electrons. The van der Waals surface area contributed by atoms with E-state index in [1.54, 1.807) is 0 Å². The lowest BCUT2D eigenvalue weighted by atomic mass is 10.2. The highest BCUT2D eigenvalue weighted by atomic mass is 35.5. The molecule has 2 aromatic carbocycles. The summed E-state index contributed by atoms with van der Waals surface area (Å²) in [7, 11) is 0. The van der Waals surface area contributed by atoms with Gasteiger partial charge in [-0.15, -0.1) is 22.7 Å². The second-order valence-electron chi connectivity index (χ2n) is 7.71. The normalized spacial score (nSPS) is 11.2. The summed E-state index contributed by atoms with van der Waals surface area (Å²) < 4.78 is 2.02. The Morgan fingerprint density at radius 1 is 0.750 bits per heavy atom. The van der Waals surface area contributed by atoms with E-state index in [1.165, 1.54) is 22.7 Å². The van der Waals surface area contributed by atoms with Crippen molar-refractivity contribution < 1.29 is 9.59 Å². The van der Waals surface area contributed by atoms with Crippen LogP contribution in [0.1, 0.15) is 43.3 Å². The van der Waals surface area contributed by atoms with Crippen molar-refractivity contribution in [3.63, 3.8) is 0 Å². The Kier molecular flexibility index (Phi) is 7.05. The first-order valence-corrected chi connectivity index (χ1v) is 12.7. The van der Waals surface area contributed by atoms with E-state index in [9.17, 15) is 9.59 Å².